The summed E-state index contributed by atoms with van der Waals surface area (Å²) in [4.78, 5) is 0.995. The third kappa shape index (κ3) is 2.02. The van der Waals surface area contributed by atoms with Gasteiger partial charge in [0.05, 0.1) is 8.07 Å². The Morgan fingerprint density at radius 3 is 2.70 bits per heavy atom. The van der Waals surface area contributed by atoms with Crippen molar-refractivity contribution >= 4 is 19.8 Å². The largest absolute Gasteiger partial charge is 0.162 e. The first-order chi connectivity index (χ1) is 4.63. The molecule has 1 rings (SSSR count). The van der Waals surface area contributed by atoms with E-state index in [-0.39, 0.29) is 0 Å². The average Bonchev–Trinajstić information content (AvgIpc) is 1.96. The first-order valence-corrected chi connectivity index (χ1v) is 8.58. The second-order valence-corrected chi connectivity index (χ2v) is 11.2. The molecule has 0 aliphatic carbocycles. The van der Waals surface area contributed by atoms with Crippen LogP contribution in [0.1, 0.15) is 19.8 Å². The minimum absolute atomic E-state index is 0.781. The van der Waals surface area contributed by atoms with Crippen LogP contribution in [0.3, 0.4) is 0 Å². The lowest BCUT2D eigenvalue weighted by Gasteiger charge is -2.26. The lowest BCUT2D eigenvalue weighted by Crippen LogP contribution is -2.36. The lowest BCUT2D eigenvalue weighted by atomic mass is 10.4. The summed E-state index contributed by atoms with van der Waals surface area (Å²) in [7, 11) is -0.781. The highest BCUT2D eigenvalue weighted by Gasteiger charge is 2.29. The summed E-state index contributed by atoms with van der Waals surface area (Å²) in [5, 5.41) is 0. The molecule has 2 heteroatoms. The van der Waals surface area contributed by atoms with Crippen molar-refractivity contribution in [1.29, 1.82) is 0 Å². The van der Waals surface area contributed by atoms with Gasteiger partial charge in [-0.2, -0.15) is 11.8 Å². The highest BCUT2D eigenvalue weighted by molar-refractivity contribution is 8.01. The van der Waals surface area contributed by atoms with Crippen LogP contribution < -0.4 is 0 Å². The van der Waals surface area contributed by atoms with E-state index in [0.717, 1.165) is 4.87 Å². The van der Waals surface area contributed by atoms with E-state index in [1.807, 2.05) is 0 Å². The molecule has 0 aromatic rings. The van der Waals surface area contributed by atoms with Crippen LogP contribution in [0.15, 0.2) is 0 Å². The van der Waals surface area contributed by atoms with Gasteiger partial charge in [-0.05, 0) is 17.0 Å². The van der Waals surface area contributed by atoms with E-state index in [0.29, 0.717) is 0 Å². The minimum atomic E-state index is -0.781. The summed E-state index contributed by atoms with van der Waals surface area (Å²) in [5.74, 6) is 1.41. The molecule has 0 amide bonds. The Bertz CT molecular complexity index is 112. The van der Waals surface area contributed by atoms with Gasteiger partial charge in [0.25, 0.3) is 0 Å². The summed E-state index contributed by atoms with van der Waals surface area (Å²) in [6.45, 7) is 7.51. The molecule has 0 saturated carbocycles. The summed E-state index contributed by atoms with van der Waals surface area (Å²) in [5.41, 5.74) is 0. The molecular weight excluding hydrogens is 156 g/mol. The van der Waals surface area contributed by atoms with E-state index in [4.69, 9.17) is 0 Å². The molecule has 1 unspecified atom stereocenters. The van der Waals surface area contributed by atoms with Gasteiger partial charge in [0, 0.05) is 0 Å². The molecule has 1 aliphatic rings. The normalized spacial score (nSPS) is 33.3. The topological polar surface area (TPSA) is 0 Å². The Balaban J connectivity index is 2.52. The number of hydrogen-bond acceptors (Lipinski definition) is 1. The summed E-state index contributed by atoms with van der Waals surface area (Å²) >= 11 is 2.21. The van der Waals surface area contributed by atoms with Crippen molar-refractivity contribution in [1.82, 2.24) is 0 Å². The van der Waals surface area contributed by atoms with E-state index in [1.165, 1.54) is 18.6 Å². The standard InChI is InChI=1S/C8H18SSi/c1-8-9-6-4-5-7-10(8,2)3/h8H,4-7H2,1-3H3. The number of rotatable bonds is 0. The van der Waals surface area contributed by atoms with Gasteiger partial charge in [-0.3, -0.25) is 0 Å². The SMILES string of the molecule is CC1SCCCC[Si]1(C)C. The van der Waals surface area contributed by atoms with Crippen LogP contribution in [-0.4, -0.2) is 18.7 Å². The summed E-state index contributed by atoms with van der Waals surface area (Å²) in [6, 6.07) is 1.56. The first-order valence-electron chi connectivity index (χ1n) is 4.24. The van der Waals surface area contributed by atoms with Gasteiger partial charge in [0.15, 0.2) is 0 Å². The third-order valence-corrected chi connectivity index (χ3v) is 9.97. The molecule has 0 spiro atoms. The van der Waals surface area contributed by atoms with Gasteiger partial charge in [-0.15, -0.1) is 0 Å². The van der Waals surface area contributed by atoms with Gasteiger partial charge in [0.2, 0.25) is 0 Å². The Morgan fingerprint density at radius 2 is 2.00 bits per heavy atom. The van der Waals surface area contributed by atoms with Crippen LogP contribution in [0.25, 0.3) is 0 Å². The molecule has 0 N–H and O–H groups in total. The first kappa shape index (κ1) is 8.66. The second-order valence-electron chi connectivity index (χ2n) is 3.96. The van der Waals surface area contributed by atoms with Crippen LogP contribution in [0.5, 0.6) is 0 Å². The van der Waals surface area contributed by atoms with E-state index in [1.54, 1.807) is 6.04 Å². The number of hydrogen-bond donors (Lipinski definition) is 0. The van der Waals surface area contributed by atoms with Gasteiger partial charge >= 0.3 is 0 Å². The van der Waals surface area contributed by atoms with Crippen molar-refractivity contribution < 1.29 is 0 Å². The zero-order valence-electron chi connectivity index (χ0n) is 7.31. The molecule has 1 aliphatic heterocycles. The second kappa shape index (κ2) is 3.31. The molecular formula is C8H18SSi. The van der Waals surface area contributed by atoms with Gasteiger partial charge in [-0.25, -0.2) is 0 Å². The van der Waals surface area contributed by atoms with Crippen molar-refractivity contribution in [2.45, 2.75) is 43.8 Å². The van der Waals surface area contributed by atoms with Crippen LogP contribution in [0.4, 0.5) is 0 Å². The Kier molecular flexibility index (Phi) is 2.87. The monoisotopic (exact) mass is 174 g/mol. The molecule has 0 aromatic heterocycles. The molecule has 0 nitrogen and oxygen atoms in total. The fourth-order valence-electron chi connectivity index (χ4n) is 1.37. The molecule has 0 radical (unpaired) electrons. The van der Waals surface area contributed by atoms with Gasteiger partial charge < -0.3 is 0 Å². The minimum Gasteiger partial charge on any atom is -0.162 e. The molecule has 0 aromatic carbocycles. The van der Waals surface area contributed by atoms with Crippen LogP contribution in [0, 0.1) is 0 Å². The van der Waals surface area contributed by atoms with Crippen molar-refractivity contribution in [2.24, 2.45) is 0 Å². The molecule has 0 bridgehead atoms. The molecule has 1 saturated heterocycles. The Labute approximate surface area is 69.8 Å². The maximum absolute atomic E-state index is 2.54. The summed E-state index contributed by atoms with van der Waals surface area (Å²) in [6.07, 6.45) is 2.96. The molecule has 1 atom stereocenters. The predicted octanol–water partition coefficient (Wildman–Crippen LogP) is 3.15. The smallest absolute Gasteiger partial charge is 0.0614 e. The highest BCUT2D eigenvalue weighted by Crippen LogP contribution is 2.31. The third-order valence-electron chi connectivity index (χ3n) is 2.68. The van der Waals surface area contributed by atoms with Crippen molar-refractivity contribution in [2.75, 3.05) is 5.75 Å². The molecule has 60 valence electrons. The van der Waals surface area contributed by atoms with Crippen LogP contribution in [-0.2, 0) is 0 Å². The summed E-state index contributed by atoms with van der Waals surface area (Å²) < 4.78 is 0. The van der Waals surface area contributed by atoms with E-state index in [2.05, 4.69) is 31.8 Å². The maximum atomic E-state index is 2.54. The zero-order valence-corrected chi connectivity index (χ0v) is 9.13. The van der Waals surface area contributed by atoms with Gasteiger partial charge in [-0.1, -0.05) is 32.5 Å². The van der Waals surface area contributed by atoms with Crippen molar-refractivity contribution in [3.63, 3.8) is 0 Å². The fourth-order valence-corrected chi connectivity index (χ4v) is 6.18. The van der Waals surface area contributed by atoms with E-state index in [9.17, 15) is 0 Å². The Morgan fingerprint density at radius 1 is 1.30 bits per heavy atom. The van der Waals surface area contributed by atoms with Crippen LogP contribution >= 0.6 is 11.8 Å². The molecule has 10 heavy (non-hydrogen) atoms. The van der Waals surface area contributed by atoms with Crippen LogP contribution in [0.2, 0.25) is 19.1 Å². The molecule has 1 fully saturated rings. The lowest BCUT2D eigenvalue weighted by molar-refractivity contribution is 0.884. The predicted molar refractivity (Wildman–Crippen MR) is 53.4 cm³/mol. The van der Waals surface area contributed by atoms with Crippen molar-refractivity contribution in [3.8, 4) is 0 Å². The average molecular weight is 174 g/mol. The maximum Gasteiger partial charge on any atom is 0.0614 e. The van der Waals surface area contributed by atoms with E-state index >= 15 is 0 Å². The van der Waals surface area contributed by atoms with Gasteiger partial charge in [0.1, 0.15) is 0 Å². The zero-order chi connectivity index (χ0) is 7.61. The van der Waals surface area contributed by atoms with Crippen molar-refractivity contribution in [3.05, 3.63) is 0 Å². The molecule has 1 heterocycles. The van der Waals surface area contributed by atoms with E-state index < -0.39 is 8.07 Å². The fraction of sp³-hybridized carbons (Fsp3) is 1.00. The highest BCUT2D eigenvalue weighted by atomic mass is 32.2. The quantitative estimate of drug-likeness (QED) is 0.508. The number of thioether (sulfide) groups is 1. The Hall–Kier alpha value is 0.567.